The van der Waals surface area contributed by atoms with Crippen molar-refractivity contribution in [3.63, 3.8) is 0 Å². The molecule has 8 nitrogen and oxygen atoms in total. The highest BCUT2D eigenvalue weighted by molar-refractivity contribution is 6.30. The molecule has 2 aromatic rings. The van der Waals surface area contributed by atoms with E-state index < -0.39 is 48.3 Å². The summed E-state index contributed by atoms with van der Waals surface area (Å²) in [5.74, 6) is -4.10. The molecule has 1 aromatic heterocycles. The standard InChI is InChI=1S/C20H21ClFN3O5/c1-2-14(19(29)24-16(9-18(27)28)17(26)10-22)15-6-7-23-25(20(15)30)11-12-4-3-5-13(21)8-12/h3-8,14,16H,2,9-11H2,1H3,(H,24,29)(H,27,28). The molecule has 160 valence electrons. The largest absolute Gasteiger partial charge is 0.481 e. The van der Waals surface area contributed by atoms with Gasteiger partial charge in [-0.2, -0.15) is 5.10 Å². The number of carbonyl (C=O) groups is 3. The number of halogens is 2. The third-order valence-corrected chi connectivity index (χ3v) is 4.71. The molecule has 1 amide bonds. The molecule has 0 fully saturated rings. The highest BCUT2D eigenvalue weighted by Crippen LogP contribution is 2.17. The number of alkyl halides is 1. The summed E-state index contributed by atoms with van der Waals surface area (Å²) >= 11 is 5.96. The summed E-state index contributed by atoms with van der Waals surface area (Å²) in [6.07, 6.45) is 0.824. The molecule has 2 N–H and O–H groups in total. The summed E-state index contributed by atoms with van der Waals surface area (Å²) in [5.41, 5.74) is 0.363. The number of ketones is 1. The highest BCUT2D eigenvalue weighted by atomic mass is 35.5. The number of hydrogen-bond donors (Lipinski definition) is 2. The molecule has 2 atom stereocenters. The van der Waals surface area contributed by atoms with Crippen molar-refractivity contribution in [2.45, 2.75) is 38.3 Å². The lowest BCUT2D eigenvalue weighted by atomic mass is 9.96. The minimum absolute atomic E-state index is 0.132. The van der Waals surface area contributed by atoms with Crippen LogP contribution in [0.25, 0.3) is 0 Å². The van der Waals surface area contributed by atoms with Crippen molar-refractivity contribution >= 4 is 29.3 Å². The zero-order chi connectivity index (χ0) is 22.3. The number of aliphatic carboxylic acids is 1. The minimum Gasteiger partial charge on any atom is -0.481 e. The van der Waals surface area contributed by atoms with E-state index in [4.69, 9.17) is 16.7 Å². The summed E-state index contributed by atoms with van der Waals surface area (Å²) in [4.78, 5) is 48.1. The first-order chi connectivity index (χ1) is 14.3. The Morgan fingerprint density at radius 2 is 2.03 bits per heavy atom. The molecule has 0 saturated carbocycles. The Kier molecular flexibility index (Phi) is 8.23. The average Bonchev–Trinajstić information content (AvgIpc) is 2.69. The topological polar surface area (TPSA) is 118 Å². The predicted molar refractivity (Wildman–Crippen MR) is 107 cm³/mol. The lowest BCUT2D eigenvalue weighted by Crippen LogP contribution is -2.45. The number of amides is 1. The molecule has 0 aliphatic heterocycles. The summed E-state index contributed by atoms with van der Waals surface area (Å²) in [7, 11) is 0. The van der Waals surface area contributed by atoms with Gasteiger partial charge in [-0.05, 0) is 30.2 Å². The fourth-order valence-electron chi connectivity index (χ4n) is 2.98. The first kappa shape index (κ1) is 23.2. The van der Waals surface area contributed by atoms with Gasteiger partial charge >= 0.3 is 5.97 Å². The van der Waals surface area contributed by atoms with Crippen LogP contribution in [0.2, 0.25) is 5.02 Å². The van der Waals surface area contributed by atoms with Gasteiger partial charge in [-0.25, -0.2) is 9.07 Å². The van der Waals surface area contributed by atoms with Crippen LogP contribution in [0.15, 0.2) is 41.3 Å². The summed E-state index contributed by atoms with van der Waals surface area (Å²) in [6.45, 7) is 0.387. The Balaban J connectivity index is 2.29. The van der Waals surface area contributed by atoms with Crippen LogP contribution in [0.1, 0.15) is 36.8 Å². The van der Waals surface area contributed by atoms with Gasteiger partial charge in [-0.1, -0.05) is 30.7 Å². The molecule has 0 aliphatic rings. The van der Waals surface area contributed by atoms with Gasteiger partial charge in [0.15, 0.2) is 5.78 Å². The second-order valence-electron chi connectivity index (χ2n) is 6.60. The summed E-state index contributed by atoms with van der Waals surface area (Å²) in [5, 5.41) is 15.7. The Hall–Kier alpha value is -3.07. The van der Waals surface area contributed by atoms with E-state index >= 15 is 0 Å². The minimum atomic E-state index is -1.51. The molecular formula is C20H21ClFN3O5. The molecular weight excluding hydrogens is 417 g/mol. The zero-order valence-electron chi connectivity index (χ0n) is 16.2. The maximum atomic E-state index is 12.9. The monoisotopic (exact) mass is 437 g/mol. The van der Waals surface area contributed by atoms with Gasteiger partial charge in [0.05, 0.1) is 18.9 Å². The van der Waals surface area contributed by atoms with Crippen LogP contribution in [0.3, 0.4) is 0 Å². The Morgan fingerprint density at radius 3 is 2.63 bits per heavy atom. The number of Topliss-reactive ketones (excluding diaryl/α,β-unsaturated/α-hetero) is 1. The first-order valence-corrected chi connectivity index (χ1v) is 9.55. The van der Waals surface area contributed by atoms with E-state index in [0.29, 0.717) is 5.02 Å². The third-order valence-electron chi connectivity index (χ3n) is 4.48. The van der Waals surface area contributed by atoms with E-state index in [1.807, 2.05) is 0 Å². The molecule has 0 radical (unpaired) electrons. The fourth-order valence-corrected chi connectivity index (χ4v) is 3.20. The number of carboxylic acids is 1. The van der Waals surface area contributed by atoms with Gasteiger partial charge in [0.2, 0.25) is 5.91 Å². The van der Waals surface area contributed by atoms with Crippen LogP contribution >= 0.6 is 11.6 Å². The van der Waals surface area contributed by atoms with Crippen LogP contribution in [0, 0.1) is 0 Å². The maximum absolute atomic E-state index is 12.9. The SMILES string of the molecule is CCC(C(=O)NC(CC(=O)O)C(=O)CF)c1ccnn(Cc2cccc(Cl)c2)c1=O. The number of benzene rings is 1. The van der Waals surface area contributed by atoms with E-state index in [1.54, 1.807) is 31.2 Å². The Labute approximate surface area is 176 Å². The van der Waals surface area contributed by atoms with Crippen molar-refractivity contribution < 1.29 is 23.9 Å². The first-order valence-electron chi connectivity index (χ1n) is 9.18. The van der Waals surface area contributed by atoms with Crippen molar-refractivity contribution in [1.82, 2.24) is 15.1 Å². The van der Waals surface area contributed by atoms with Gasteiger partial charge in [0.1, 0.15) is 12.7 Å². The van der Waals surface area contributed by atoms with Crippen molar-refractivity contribution in [1.29, 1.82) is 0 Å². The molecule has 0 spiro atoms. The predicted octanol–water partition coefficient (Wildman–Crippen LogP) is 1.94. The van der Waals surface area contributed by atoms with Gasteiger partial charge in [0, 0.05) is 16.8 Å². The van der Waals surface area contributed by atoms with E-state index in [-0.39, 0.29) is 18.5 Å². The highest BCUT2D eigenvalue weighted by Gasteiger charge is 2.29. The van der Waals surface area contributed by atoms with Gasteiger partial charge in [-0.3, -0.25) is 19.2 Å². The normalized spacial score (nSPS) is 12.8. The molecule has 0 aliphatic carbocycles. The number of carbonyl (C=O) groups excluding carboxylic acids is 2. The molecule has 0 bridgehead atoms. The summed E-state index contributed by atoms with van der Waals surface area (Å²) in [6, 6.07) is 6.78. The van der Waals surface area contributed by atoms with Crippen LogP contribution in [-0.4, -0.2) is 45.3 Å². The van der Waals surface area contributed by atoms with Gasteiger partial charge in [0.25, 0.3) is 5.56 Å². The van der Waals surface area contributed by atoms with Crippen molar-refractivity contribution in [3.05, 3.63) is 63.0 Å². The van der Waals surface area contributed by atoms with Crippen LogP contribution in [0.4, 0.5) is 4.39 Å². The van der Waals surface area contributed by atoms with E-state index in [0.717, 1.165) is 5.56 Å². The van der Waals surface area contributed by atoms with E-state index in [2.05, 4.69) is 10.4 Å². The Bertz CT molecular complexity index is 994. The van der Waals surface area contributed by atoms with Crippen LogP contribution in [0.5, 0.6) is 0 Å². The number of nitrogens with zero attached hydrogens (tertiary/aromatic N) is 2. The molecule has 2 rings (SSSR count). The lowest BCUT2D eigenvalue weighted by molar-refractivity contribution is -0.140. The molecule has 1 aromatic carbocycles. The molecule has 10 heteroatoms. The van der Waals surface area contributed by atoms with Crippen LogP contribution < -0.4 is 10.9 Å². The van der Waals surface area contributed by atoms with Gasteiger partial charge < -0.3 is 10.4 Å². The second-order valence-corrected chi connectivity index (χ2v) is 7.04. The number of hydrogen-bond acceptors (Lipinski definition) is 5. The number of aromatic nitrogens is 2. The Morgan fingerprint density at radius 1 is 1.30 bits per heavy atom. The number of carboxylic acid groups (broad SMARTS) is 1. The second kappa shape index (κ2) is 10.6. The molecule has 2 unspecified atom stereocenters. The van der Waals surface area contributed by atoms with Crippen molar-refractivity contribution in [3.8, 4) is 0 Å². The van der Waals surface area contributed by atoms with Crippen LogP contribution in [-0.2, 0) is 20.9 Å². The quantitative estimate of drug-likeness (QED) is 0.586. The molecule has 1 heterocycles. The molecule has 30 heavy (non-hydrogen) atoms. The van der Waals surface area contributed by atoms with E-state index in [9.17, 15) is 23.6 Å². The maximum Gasteiger partial charge on any atom is 0.305 e. The van der Waals surface area contributed by atoms with E-state index in [1.165, 1.54) is 16.9 Å². The average molecular weight is 438 g/mol. The van der Waals surface area contributed by atoms with Gasteiger partial charge in [-0.15, -0.1) is 0 Å². The number of rotatable bonds is 10. The third kappa shape index (κ3) is 5.96. The molecule has 0 saturated heterocycles. The lowest BCUT2D eigenvalue weighted by Gasteiger charge is -2.20. The van der Waals surface area contributed by atoms with Crippen molar-refractivity contribution in [2.24, 2.45) is 0 Å². The zero-order valence-corrected chi connectivity index (χ0v) is 16.9. The smallest absolute Gasteiger partial charge is 0.305 e. The fraction of sp³-hybridized carbons (Fsp3) is 0.350. The summed E-state index contributed by atoms with van der Waals surface area (Å²) < 4.78 is 13.9. The number of nitrogens with one attached hydrogen (secondary N) is 1. The van der Waals surface area contributed by atoms with Crippen molar-refractivity contribution in [2.75, 3.05) is 6.67 Å².